The molecule has 21 aromatic rings. The molecule has 21 rings (SSSR count). The molecule has 0 spiro atoms. The van der Waals surface area contributed by atoms with Crippen LogP contribution < -0.4 is 0 Å². The third-order valence-electron chi connectivity index (χ3n) is 20.7. The third-order valence-corrected chi connectivity index (χ3v) is 23.1. The van der Waals surface area contributed by atoms with Gasteiger partial charge in [0.2, 0.25) is 5.69 Å². The van der Waals surface area contributed by atoms with Crippen molar-refractivity contribution < 1.29 is 0 Å². The Morgan fingerprint density at radius 2 is 0.573 bits per heavy atom. The SMILES string of the molecule is [C-]#[N+]c1cc(-c2nc(-c3ccccc3)nc(-c3ccccc3)n2)c(-n2c3ccc(-c4ccccc4)cc3c3c4sc5ccc(-c6ccccc6)cc5c4ccc32)c(-n2c3ccccc3c3ccccc32)c1-n1c2ccc(-c3ccccc3)cc2c2c3sc4ccc(-c5ccccc5)cc4c3ccc21. The monoisotopic (exact) mass is 1350 g/mol. The zero-order valence-corrected chi connectivity index (χ0v) is 56.8. The summed E-state index contributed by atoms with van der Waals surface area (Å²) in [5.41, 5.74) is 20.0. The van der Waals surface area contributed by atoms with E-state index in [1.165, 1.54) is 62.6 Å². The maximum absolute atomic E-state index is 9.98. The van der Waals surface area contributed by atoms with Gasteiger partial charge in [-0.15, -0.1) is 22.7 Å². The third kappa shape index (κ3) is 9.22. The number of thiophene rings is 2. The van der Waals surface area contributed by atoms with Gasteiger partial charge in [0.25, 0.3) is 0 Å². The lowest BCUT2D eigenvalue weighted by Gasteiger charge is -2.26. The summed E-state index contributed by atoms with van der Waals surface area (Å²) >= 11 is 3.68. The molecule has 0 N–H and O–H groups in total. The maximum atomic E-state index is 9.98. The van der Waals surface area contributed by atoms with Crippen molar-refractivity contribution in [2.75, 3.05) is 0 Å². The molecule has 0 aliphatic rings. The van der Waals surface area contributed by atoms with Crippen molar-refractivity contribution in [2.24, 2.45) is 0 Å². The molecule has 0 unspecified atom stereocenters. The molecule has 0 amide bonds. The van der Waals surface area contributed by atoms with Crippen LogP contribution in [0.25, 0.3) is 206 Å². The van der Waals surface area contributed by atoms with E-state index in [4.69, 9.17) is 19.8 Å². The highest BCUT2D eigenvalue weighted by molar-refractivity contribution is 7.27. The van der Waals surface area contributed by atoms with Gasteiger partial charge in [-0.1, -0.05) is 255 Å². The van der Waals surface area contributed by atoms with Crippen LogP contribution in [0, 0.1) is 6.57 Å². The van der Waals surface area contributed by atoms with Crippen molar-refractivity contribution in [2.45, 2.75) is 0 Å². The summed E-state index contributed by atoms with van der Waals surface area (Å²) in [7, 11) is 0. The quantitative estimate of drug-likeness (QED) is 0.128. The second kappa shape index (κ2) is 23.4. The normalized spacial score (nSPS) is 11.9. The number of hydrogen-bond donors (Lipinski definition) is 0. The van der Waals surface area contributed by atoms with E-state index < -0.39 is 0 Å². The molecule has 6 aromatic heterocycles. The van der Waals surface area contributed by atoms with Crippen molar-refractivity contribution in [3.8, 4) is 95.7 Å². The lowest BCUT2D eigenvalue weighted by atomic mass is 10.0. The van der Waals surface area contributed by atoms with Crippen LogP contribution >= 0.6 is 22.7 Å². The Morgan fingerprint density at radius 1 is 0.243 bits per heavy atom. The summed E-state index contributed by atoms with van der Waals surface area (Å²) in [5, 5.41) is 11.3. The molecule has 478 valence electrons. The van der Waals surface area contributed by atoms with Gasteiger partial charge in [-0.2, -0.15) is 0 Å². The van der Waals surface area contributed by atoms with Crippen LogP contribution in [0.5, 0.6) is 0 Å². The minimum absolute atomic E-state index is 0.418. The molecule has 0 fully saturated rings. The number of para-hydroxylation sites is 2. The largest absolute Gasteiger partial charge is 0.317 e. The highest BCUT2D eigenvalue weighted by Crippen LogP contribution is 2.54. The molecule has 103 heavy (non-hydrogen) atoms. The summed E-state index contributed by atoms with van der Waals surface area (Å²) in [4.78, 5) is 21.5. The first-order chi connectivity index (χ1) is 51.0. The first-order valence-electron chi connectivity index (χ1n) is 34.6. The van der Waals surface area contributed by atoms with Gasteiger partial charge in [0.1, 0.15) is 0 Å². The molecule has 0 aliphatic heterocycles. The Morgan fingerprint density at radius 3 is 0.990 bits per heavy atom. The standard InChI is InChI=1S/C94H55N7S2/c1-95-76-56-75(94-97-92(61-32-16-6-17-33-61)96-93(98-94)62-34-18-7-19-35-62)87(100-79-46-40-63(57-24-8-2-9-25-57)54-73(79)85-81(100)48-44-69-71-52-65(59-28-12-4-13-29-59)42-50-83(71)102-90(69)85)89(99-77-38-22-20-36-67(77)68-37-21-23-39-78(68)99)88(76)101-80-47-41-64(58-26-10-3-11-27-58)55-74(80)86-82(101)49-45-70-72-53-66(60-30-14-5-15-31-60)43-51-84(72)103-91(70)86/h2-56H. The molecule has 6 heterocycles. The minimum atomic E-state index is 0.418. The van der Waals surface area contributed by atoms with E-state index in [1.54, 1.807) is 0 Å². The summed E-state index contributed by atoms with van der Waals surface area (Å²) in [6.07, 6.45) is 0. The number of aromatic nitrogens is 6. The highest BCUT2D eigenvalue weighted by atomic mass is 32.1. The van der Waals surface area contributed by atoms with Gasteiger partial charge in [-0.05, 0) is 123 Å². The van der Waals surface area contributed by atoms with Crippen molar-refractivity contribution in [3.05, 3.63) is 345 Å². The molecule has 0 radical (unpaired) electrons. The van der Waals surface area contributed by atoms with E-state index in [0.717, 1.165) is 110 Å². The van der Waals surface area contributed by atoms with Crippen molar-refractivity contribution in [1.29, 1.82) is 0 Å². The van der Waals surface area contributed by atoms with Gasteiger partial charge in [-0.3, -0.25) is 0 Å². The first kappa shape index (κ1) is 58.6. The maximum Gasteiger partial charge on any atom is 0.213 e. The molecule has 0 atom stereocenters. The number of hydrogen-bond acceptors (Lipinski definition) is 5. The molecule has 0 bridgehead atoms. The fourth-order valence-electron chi connectivity index (χ4n) is 16.0. The second-order valence-corrected chi connectivity index (χ2v) is 28.5. The fraction of sp³-hybridized carbons (Fsp3) is 0. The molecular weight excluding hydrogens is 1290 g/mol. The lowest BCUT2D eigenvalue weighted by molar-refractivity contribution is 1.04. The van der Waals surface area contributed by atoms with E-state index in [-0.39, 0.29) is 0 Å². The molecule has 0 aliphatic carbocycles. The van der Waals surface area contributed by atoms with Crippen LogP contribution in [0.3, 0.4) is 0 Å². The number of benzene rings is 15. The minimum Gasteiger partial charge on any atom is -0.317 e. The second-order valence-electron chi connectivity index (χ2n) is 26.4. The average Bonchev–Trinajstić information content (AvgIpc) is 1.57. The van der Waals surface area contributed by atoms with Crippen LogP contribution in [0.1, 0.15) is 0 Å². The molecule has 0 saturated heterocycles. The molecule has 0 saturated carbocycles. The summed E-state index contributed by atoms with van der Waals surface area (Å²) in [6.45, 7) is 9.98. The van der Waals surface area contributed by atoms with Crippen molar-refractivity contribution in [1.82, 2.24) is 28.7 Å². The van der Waals surface area contributed by atoms with Crippen LogP contribution in [0.2, 0.25) is 0 Å². The zero-order valence-electron chi connectivity index (χ0n) is 55.2. The topological polar surface area (TPSA) is 57.8 Å². The predicted octanol–water partition coefficient (Wildman–Crippen LogP) is 26.1. The summed E-state index contributed by atoms with van der Waals surface area (Å²) in [5.74, 6) is 1.45. The Balaban J connectivity index is 0.978. The Kier molecular flexibility index (Phi) is 13.3. The lowest BCUT2D eigenvalue weighted by Crippen LogP contribution is -2.12. The number of fused-ring (bicyclic) bond motifs is 17. The van der Waals surface area contributed by atoms with E-state index in [1.807, 2.05) is 59.1 Å². The Hall–Kier alpha value is -13.4. The summed E-state index contributed by atoms with van der Waals surface area (Å²) in [6, 6.07) is 120. The van der Waals surface area contributed by atoms with Crippen LogP contribution in [-0.2, 0) is 0 Å². The van der Waals surface area contributed by atoms with Gasteiger partial charge >= 0.3 is 0 Å². The van der Waals surface area contributed by atoms with Crippen LogP contribution in [-0.4, -0.2) is 28.7 Å². The van der Waals surface area contributed by atoms with E-state index in [9.17, 15) is 6.57 Å². The smallest absolute Gasteiger partial charge is 0.213 e. The molecule has 7 nitrogen and oxygen atoms in total. The number of nitrogens with zero attached hydrogens (tertiary/aromatic N) is 7. The van der Waals surface area contributed by atoms with Crippen molar-refractivity contribution >= 4 is 134 Å². The predicted molar refractivity (Wildman–Crippen MR) is 433 cm³/mol. The Labute approximate surface area is 599 Å². The van der Waals surface area contributed by atoms with E-state index in [2.05, 4.69) is 311 Å². The van der Waals surface area contributed by atoms with Gasteiger partial charge in [0.05, 0.1) is 56.7 Å². The fourth-order valence-corrected chi connectivity index (χ4v) is 18.5. The molecule has 15 aromatic carbocycles. The van der Waals surface area contributed by atoms with E-state index in [0.29, 0.717) is 34.4 Å². The average molecular weight is 1350 g/mol. The molecular formula is C94H55N7S2. The van der Waals surface area contributed by atoms with Gasteiger partial charge < -0.3 is 13.7 Å². The van der Waals surface area contributed by atoms with Crippen LogP contribution in [0.4, 0.5) is 5.69 Å². The Bertz CT molecular complexity index is 6980. The van der Waals surface area contributed by atoms with Gasteiger partial charge in [-0.25, -0.2) is 19.8 Å². The van der Waals surface area contributed by atoms with Gasteiger partial charge in [0, 0.05) is 89.4 Å². The van der Waals surface area contributed by atoms with Crippen molar-refractivity contribution in [3.63, 3.8) is 0 Å². The number of rotatable bonds is 10. The van der Waals surface area contributed by atoms with Crippen LogP contribution in [0.15, 0.2) is 334 Å². The molecule has 9 heteroatoms. The summed E-state index contributed by atoms with van der Waals surface area (Å²) < 4.78 is 12.1. The van der Waals surface area contributed by atoms with E-state index >= 15 is 0 Å². The highest BCUT2D eigenvalue weighted by Gasteiger charge is 2.33. The first-order valence-corrected chi connectivity index (χ1v) is 36.2. The van der Waals surface area contributed by atoms with Gasteiger partial charge in [0.15, 0.2) is 17.5 Å². The zero-order chi connectivity index (χ0) is 67.8.